The first-order valence-electron chi connectivity index (χ1n) is 7.86. The Kier molecular flexibility index (Phi) is 5.22. The first kappa shape index (κ1) is 14.8. The van der Waals surface area contributed by atoms with E-state index in [1.165, 1.54) is 6.42 Å². The van der Waals surface area contributed by atoms with E-state index in [-0.39, 0.29) is 12.0 Å². The molecule has 0 spiro atoms. The standard InChI is InChI=1S/C15H28N2O2/c1-2-7-15(8-9-16-12-15)14(19)17(10-4-11-18)13-5-3-6-13/h13,16,18H,2-12H2,1H3. The highest BCUT2D eigenvalue weighted by atomic mass is 16.3. The third-order valence-corrected chi connectivity index (χ3v) is 4.76. The molecule has 110 valence electrons. The second-order valence-electron chi connectivity index (χ2n) is 6.12. The lowest BCUT2D eigenvalue weighted by Crippen LogP contribution is -2.52. The Labute approximate surface area is 116 Å². The number of aliphatic hydroxyl groups is 1. The number of hydrogen-bond donors (Lipinski definition) is 2. The Morgan fingerprint density at radius 3 is 2.74 bits per heavy atom. The van der Waals surface area contributed by atoms with E-state index < -0.39 is 0 Å². The fourth-order valence-corrected chi connectivity index (χ4v) is 3.42. The Morgan fingerprint density at radius 1 is 1.47 bits per heavy atom. The van der Waals surface area contributed by atoms with E-state index in [1.807, 2.05) is 0 Å². The molecule has 2 rings (SSSR count). The summed E-state index contributed by atoms with van der Waals surface area (Å²) >= 11 is 0. The van der Waals surface area contributed by atoms with Crippen LogP contribution >= 0.6 is 0 Å². The number of amides is 1. The number of hydrogen-bond acceptors (Lipinski definition) is 3. The number of aliphatic hydroxyl groups excluding tert-OH is 1. The molecule has 4 heteroatoms. The highest BCUT2D eigenvalue weighted by molar-refractivity contribution is 5.83. The predicted octanol–water partition coefficient (Wildman–Crippen LogP) is 1.53. The third kappa shape index (κ3) is 3.11. The van der Waals surface area contributed by atoms with Gasteiger partial charge in [0, 0.05) is 25.7 Å². The number of carbonyl (C=O) groups excluding carboxylic acids is 1. The number of nitrogens with zero attached hydrogens (tertiary/aromatic N) is 1. The van der Waals surface area contributed by atoms with Crippen molar-refractivity contribution in [3.8, 4) is 0 Å². The van der Waals surface area contributed by atoms with Gasteiger partial charge in [-0.15, -0.1) is 0 Å². The summed E-state index contributed by atoms with van der Waals surface area (Å²) in [7, 11) is 0. The average molecular weight is 268 g/mol. The van der Waals surface area contributed by atoms with Crippen LogP contribution in [0.25, 0.3) is 0 Å². The van der Waals surface area contributed by atoms with Crippen molar-refractivity contribution in [3.05, 3.63) is 0 Å². The summed E-state index contributed by atoms with van der Waals surface area (Å²) in [5.74, 6) is 0.345. The second kappa shape index (κ2) is 6.71. The lowest BCUT2D eigenvalue weighted by Gasteiger charge is -2.42. The zero-order chi connectivity index (χ0) is 13.7. The predicted molar refractivity (Wildman–Crippen MR) is 75.9 cm³/mol. The van der Waals surface area contributed by atoms with Gasteiger partial charge in [0.05, 0.1) is 5.41 Å². The van der Waals surface area contributed by atoms with E-state index in [1.54, 1.807) is 0 Å². The molecule has 2 N–H and O–H groups in total. The van der Waals surface area contributed by atoms with Crippen LogP contribution < -0.4 is 5.32 Å². The summed E-state index contributed by atoms with van der Waals surface area (Å²) in [4.78, 5) is 15.1. The highest BCUT2D eigenvalue weighted by Crippen LogP contribution is 2.36. The third-order valence-electron chi connectivity index (χ3n) is 4.76. The van der Waals surface area contributed by atoms with Gasteiger partial charge in [-0.1, -0.05) is 13.3 Å². The maximum atomic E-state index is 13.0. The van der Waals surface area contributed by atoms with E-state index >= 15 is 0 Å². The van der Waals surface area contributed by atoms with Crippen LogP contribution in [0.2, 0.25) is 0 Å². The molecular weight excluding hydrogens is 240 g/mol. The minimum absolute atomic E-state index is 0.167. The molecule has 1 unspecified atom stereocenters. The van der Waals surface area contributed by atoms with Crippen molar-refractivity contribution in [1.82, 2.24) is 10.2 Å². The summed E-state index contributed by atoms with van der Waals surface area (Å²) in [5.41, 5.74) is -0.167. The van der Waals surface area contributed by atoms with Crippen molar-refractivity contribution in [3.63, 3.8) is 0 Å². The summed E-state index contributed by atoms with van der Waals surface area (Å²) in [6.07, 6.45) is 7.26. The molecule has 0 aromatic heterocycles. The van der Waals surface area contributed by atoms with Crippen LogP contribution in [0.3, 0.4) is 0 Å². The van der Waals surface area contributed by atoms with Crippen molar-refractivity contribution in [1.29, 1.82) is 0 Å². The van der Waals surface area contributed by atoms with Crippen molar-refractivity contribution in [2.45, 2.75) is 57.9 Å². The molecule has 19 heavy (non-hydrogen) atoms. The Morgan fingerprint density at radius 2 is 2.26 bits per heavy atom. The van der Waals surface area contributed by atoms with Crippen LogP contribution in [-0.4, -0.2) is 48.2 Å². The lowest BCUT2D eigenvalue weighted by atomic mass is 9.79. The molecule has 4 nitrogen and oxygen atoms in total. The van der Waals surface area contributed by atoms with Crippen LogP contribution in [0.15, 0.2) is 0 Å². The molecule has 1 amide bonds. The first-order chi connectivity index (χ1) is 9.23. The molecular formula is C15H28N2O2. The van der Waals surface area contributed by atoms with Gasteiger partial charge in [0.1, 0.15) is 0 Å². The molecule has 2 aliphatic rings. The highest BCUT2D eigenvalue weighted by Gasteiger charge is 2.44. The van der Waals surface area contributed by atoms with E-state index in [0.717, 1.165) is 51.7 Å². The summed E-state index contributed by atoms with van der Waals surface area (Å²) in [6, 6.07) is 0.438. The van der Waals surface area contributed by atoms with Crippen LogP contribution in [-0.2, 0) is 4.79 Å². The summed E-state index contributed by atoms with van der Waals surface area (Å²) in [6.45, 7) is 4.86. The fourth-order valence-electron chi connectivity index (χ4n) is 3.42. The minimum Gasteiger partial charge on any atom is -0.396 e. The van der Waals surface area contributed by atoms with Gasteiger partial charge in [-0.2, -0.15) is 0 Å². The molecule has 1 saturated carbocycles. The lowest BCUT2D eigenvalue weighted by molar-refractivity contribution is -0.146. The van der Waals surface area contributed by atoms with Crippen LogP contribution in [0.4, 0.5) is 0 Å². The van der Waals surface area contributed by atoms with Gasteiger partial charge in [-0.05, 0) is 45.1 Å². The monoisotopic (exact) mass is 268 g/mol. The van der Waals surface area contributed by atoms with Gasteiger partial charge in [0.15, 0.2) is 0 Å². The van der Waals surface area contributed by atoms with E-state index in [0.29, 0.717) is 18.4 Å². The van der Waals surface area contributed by atoms with Gasteiger partial charge in [-0.3, -0.25) is 4.79 Å². The summed E-state index contributed by atoms with van der Waals surface area (Å²) in [5, 5.41) is 12.4. The van der Waals surface area contributed by atoms with Crippen LogP contribution in [0.1, 0.15) is 51.9 Å². The maximum Gasteiger partial charge on any atom is 0.230 e. The van der Waals surface area contributed by atoms with Crippen molar-refractivity contribution in [2.24, 2.45) is 5.41 Å². The molecule has 1 saturated heterocycles. The number of nitrogens with one attached hydrogen (secondary N) is 1. The number of rotatable bonds is 7. The average Bonchev–Trinajstić information content (AvgIpc) is 2.81. The zero-order valence-electron chi connectivity index (χ0n) is 12.2. The first-order valence-corrected chi connectivity index (χ1v) is 7.86. The molecule has 0 aromatic rings. The maximum absolute atomic E-state index is 13.0. The van der Waals surface area contributed by atoms with Crippen molar-refractivity contribution < 1.29 is 9.90 Å². The molecule has 0 radical (unpaired) electrons. The number of carbonyl (C=O) groups is 1. The Hall–Kier alpha value is -0.610. The van der Waals surface area contributed by atoms with E-state index in [2.05, 4.69) is 17.1 Å². The molecule has 0 bridgehead atoms. The van der Waals surface area contributed by atoms with Gasteiger partial charge in [0.25, 0.3) is 0 Å². The van der Waals surface area contributed by atoms with Gasteiger partial charge in [-0.25, -0.2) is 0 Å². The van der Waals surface area contributed by atoms with Crippen LogP contribution in [0.5, 0.6) is 0 Å². The molecule has 1 atom stereocenters. The normalized spacial score (nSPS) is 27.3. The largest absolute Gasteiger partial charge is 0.396 e. The topological polar surface area (TPSA) is 52.6 Å². The second-order valence-corrected chi connectivity index (χ2v) is 6.12. The van der Waals surface area contributed by atoms with Crippen molar-refractivity contribution >= 4 is 5.91 Å². The van der Waals surface area contributed by atoms with Crippen LogP contribution in [0, 0.1) is 5.41 Å². The van der Waals surface area contributed by atoms with Gasteiger partial charge in [0.2, 0.25) is 5.91 Å². The minimum atomic E-state index is -0.167. The Bertz CT molecular complexity index is 297. The van der Waals surface area contributed by atoms with Gasteiger partial charge >= 0.3 is 0 Å². The van der Waals surface area contributed by atoms with E-state index in [9.17, 15) is 4.79 Å². The Balaban J connectivity index is 2.07. The molecule has 1 heterocycles. The molecule has 1 aliphatic carbocycles. The quantitative estimate of drug-likeness (QED) is 0.736. The fraction of sp³-hybridized carbons (Fsp3) is 0.933. The zero-order valence-corrected chi connectivity index (χ0v) is 12.2. The van der Waals surface area contributed by atoms with E-state index in [4.69, 9.17) is 5.11 Å². The molecule has 1 aliphatic heterocycles. The molecule has 2 fully saturated rings. The van der Waals surface area contributed by atoms with Gasteiger partial charge < -0.3 is 15.3 Å². The smallest absolute Gasteiger partial charge is 0.230 e. The molecule has 0 aromatic carbocycles. The van der Waals surface area contributed by atoms with Crippen molar-refractivity contribution in [2.75, 3.05) is 26.2 Å². The SMILES string of the molecule is CCCC1(C(=O)N(CCCO)C2CCC2)CCNC1. The summed E-state index contributed by atoms with van der Waals surface area (Å²) < 4.78 is 0.